The van der Waals surface area contributed by atoms with Crippen LogP contribution in [0.1, 0.15) is 41.6 Å². The monoisotopic (exact) mass is 376 g/mol. The van der Waals surface area contributed by atoms with E-state index in [0.29, 0.717) is 16.8 Å². The Bertz CT molecular complexity index is 905. The number of nitrogens with one attached hydrogen (secondary N) is 2. The lowest BCUT2D eigenvalue weighted by Crippen LogP contribution is -2.32. The third-order valence-electron chi connectivity index (χ3n) is 4.53. The highest BCUT2D eigenvalue weighted by Gasteiger charge is 2.22. The molecule has 1 saturated carbocycles. The van der Waals surface area contributed by atoms with E-state index in [1.165, 1.54) is 30.3 Å². The molecule has 0 heterocycles. The molecule has 1 aliphatic carbocycles. The fourth-order valence-electron chi connectivity index (χ4n) is 3.13. The molecule has 0 aliphatic heterocycles. The minimum absolute atomic E-state index is 0.000769. The van der Waals surface area contributed by atoms with Crippen LogP contribution in [0.5, 0.6) is 0 Å². The summed E-state index contributed by atoms with van der Waals surface area (Å²) in [6.45, 7) is 1.66. The van der Waals surface area contributed by atoms with Gasteiger partial charge in [-0.1, -0.05) is 12.8 Å². The van der Waals surface area contributed by atoms with Gasteiger partial charge in [-0.25, -0.2) is 17.5 Å². The molecule has 2 aromatic carbocycles. The van der Waals surface area contributed by atoms with Crippen molar-refractivity contribution in [2.75, 3.05) is 5.32 Å². The van der Waals surface area contributed by atoms with Crippen molar-refractivity contribution in [2.45, 2.75) is 43.5 Å². The van der Waals surface area contributed by atoms with Gasteiger partial charge in [0.25, 0.3) is 5.91 Å². The summed E-state index contributed by atoms with van der Waals surface area (Å²) in [5, 5.41) is 2.69. The number of hydrogen-bond donors (Lipinski definition) is 2. The highest BCUT2D eigenvalue weighted by Crippen LogP contribution is 2.21. The molecule has 1 fully saturated rings. The van der Waals surface area contributed by atoms with Gasteiger partial charge in [-0.3, -0.25) is 4.79 Å². The summed E-state index contributed by atoms with van der Waals surface area (Å²) < 4.78 is 40.6. The van der Waals surface area contributed by atoms with Crippen molar-refractivity contribution in [3.05, 3.63) is 59.4 Å². The first kappa shape index (κ1) is 18.5. The summed E-state index contributed by atoms with van der Waals surface area (Å²) in [5.74, 6) is -0.773. The molecular formula is C19H21FN2O3S. The number of hydrogen-bond acceptors (Lipinski definition) is 3. The Labute approximate surface area is 152 Å². The molecule has 0 saturated heterocycles. The van der Waals surface area contributed by atoms with Gasteiger partial charge in [0.15, 0.2) is 0 Å². The molecule has 7 heteroatoms. The Hall–Kier alpha value is -2.25. The Morgan fingerprint density at radius 2 is 1.73 bits per heavy atom. The highest BCUT2D eigenvalue weighted by atomic mass is 32.2. The number of aryl methyl sites for hydroxylation is 1. The molecule has 3 rings (SSSR count). The molecule has 0 aromatic heterocycles. The van der Waals surface area contributed by atoms with Crippen LogP contribution in [-0.2, 0) is 10.0 Å². The van der Waals surface area contributed by atoms with Crippen LogP contribution >= 0.6 is 0 Å². The van der Waals surface area contributed by atoms with Crippen molar-refractivity contribution in [2.24, 2.45) is 0 Å². The molecule has 0 spiro atoms. The number of anilines is 1. The number of amides is 1. The van der Waals surface area contributed by atoms with E-state index in [0.717, 1.165) is 25.7 Å². The van der Waals surface area contributed by atoms with Crippen LogP contribution in [0.4, 0.5) is 10.1 Å². The molecule has 2 N–H and O–H groups in total. The van der Waals surface area contributed by atoms with E-state index in [-0.39, 0.29) is 16.8 Å². The fourth-order valence-corrected chi connectivity index (χ4v) is 4.43. The average molecular weight is 376 g/mol. The fraction of sp³-hybridized carbons (Fsp3) is 0.316. The van der Waals surface area contributed by atoms with Gasteiger partial charge in [0.1, 0.15) is 5.82 Å². The molecule has 26 heavy (non-hydrogen) atoms. The average Bonchev–Trinajstić information content (AvgIpc) is 3.07. The van der Waals surface area contributed by atoms with Gasteiger partial charge in [0, 0.05) is 17.3 Å². The lowest BCUT2D eigenvalue weighted by atomic mass is 10.1. The predicted molar refractivity (Wildman–Crippen MR) is 98.1 cm³/mol. The van der Waals surface area contributed by atoms with Gasteiger partial charge in [-0.15, -0.1) is 0 Å². The van der Waals surface area contributed by atoms with Crippen molar-refractivity contribution in [1.82, 2.24) is 4.72 Å². The lowest BCUT2D eigenvalue weighted by molar-refractivity contribution is 0.102. The maximum Gasteiger partial charge on any atom is 0.255 e. The van der Waals surface area contributed by atoms with Crippen LogP contribution in [0.25, 0.3) is 0 Å². The number of carbonyl (C=O) groups excluding carboxylic acids is 1. The molecule has 1 aliphatic rings. The number of benzene rings is 2. The van der Waals surface area contributed by atoms with Crippen molar-refractivity contribution in [1.29, 1.82) is 0 Å². The SMILES string of the molecule is Cc1cc(F)ccc1C(=O)Nc1ccc(S(=O)(=O)NC2CCCC2)cc1. The Balaban J connectivity index is 1.70. The van der Waals surface area contributed by atoms with E-state index in [9.17, 15) is 17.6 Å². The van der Waals surface area contributed by atoms with Gasteiger partial charge < -0.3 is 5.32 Å². The van der Waals surface area contributed by atoms with Crippen LogP contribution in [0, 0.1) is 12.7 Å². The van der Waals surface area contributed by atoms with E-state index >= 15 is 0 Å². The maximum atomic E-state index is 13.1. The summed E-state index contributed by atoms with van der Waals surface area (Å²) in [4.78, 5) is 12.5. The highest BCUT2D eigenvalue weighted by molar-refractivity contribution is 7.89. The molecule has 0 radical (unpaired) electrons. The van der Waals surface area contributed by atoms with Gasteiger partial charge in [0.2, 0.25) is 10.0 Å². The largest absolute Gasteiger partial charge is 0.322 e. The molecule has 0 atom stereocenters. The van der Waals surface area contributed by atoms with Crippen molar-refractivity contribution in [3.63, 3.8) is 0 Å². The summed E-state index contributed by atoms with van der Waals surface area (Å²) in [6.07, 6.45) is 3.82. The predicted octanol–water partition coefficient (Wildman–Crippen LogP) is 3.61. The third-order valence-corrected chi connectivity index (χ3v) is 6.07. The Kier molecular flexibility index (Phi) is 5.38. The Morgan fingerprint density at radius 1 is 1.08 bits per heavy atom. The molecule has 1 amide bonds. The number of rotatable bonds is 5. The Morgan fingerprint density at radius 3 is 2.35 bits per heavy atom. The van der Waals surface area contributed by atoms with Crippen LogP contribution in [0.3, 0.4) is 0 Å². The number of halogens is 1. The first-order chi connectivity index (χ1) is 12.3. The second-order valence-electron chi connectivity index (χ2n) is 6.54. The minimum atomic E-state index is -3.56. The second-order valence-corrected chi connectivity index (χ2v) is 8.25. The van der Waals surface area contributed by atoms with Gasteiger partial charge >= 0.3 is 0 Å². The quantitative estimate of drug-likeness (QED) is 0.837. The first-order valence-electron chi connectivity index (χ1n) is 8.55. The summed E-state index contributed by atoms with van der Waals surface area (Å²) in [7, 11) is -3.56. The van der Waals surface area contributed by atoms with E-state index < -0.39 is 15.8 Å². The molecule has 0 bridgehead atoms. The van der Waals surface area contributed by atoms with Crippen molar-refractivity contribution < 1.29 is 17.6 Å². The van der Waals surface area contributed by atoms with Crippen molar-refractivity contribution in [3.8, 4) is 0 Å². The maximum absolute atomic E-state index is 13.1. The topological polar surface area (TPSA) is 75.3 Å². The van der Waals surface area contributed by atoms with Crippen LogP contribution in [0.15, 0.2) is 47.4 Å². The zero-order chi connectivity index (χ0) is 18.7. The zero-order valence-electron chi connectivity index (χ0n) is 14.5. The molecular weight excluding hydrogens is 355 g/mol. The summed E-state index contributed by atoms with van der Waals surface area (Å²) in [6, 6.07) is 9.95. The number of sulfonamides is 1. The van der Waals surface area contributed by atoms with Crippen LogP contribution in [-0.4, -0.2) is 20.4 Å². The summed E-state index contributed by atoms with van der Waals surface area (Å²) >= 11 is 0. The van der Waals surface area contributed by atoms with Crippen LogP contribution < -0.4 is 10.0 Å². The third kappa shape index (κ3) is 4.28. The molecule has 2 aromatic rings. The molecule has 5 nitrogen and oxygen atoms in total. The van der Waals surface area contributed by atoms with Gasteiger partial charge in [0.05, 0.1) is 4.90 Å². The van der Waals surface area contributed by atoms with Crippen molar-refractivity contribution >= 4 is 21.6 Å². The lowest BCUT2D eigenvalue weighted by Gasteiger charge is -2.13. The van der Waals surface area contributed by atoms with E-state index in [4.69, 9.17) is 0 Å². The van der Waals surface area contributed by atoms with E-state index in [1.54, 1.807) is 19.1 Å². The zero-order valence-corrected chi connectivity index (χ0v) is 15.3. The van der Waals surface area contributed by atoms with E-state index in [1.807, 2.05) is 0 Å². The smallest absolute Gasteiger partial charge is 0.255 e. The normalized spacial score (nSPS) is 15.2. The first-order valence-corrected chi connectivity index (χ1v) is 10.0. The molecule has 138 valence electrons. The van der Waals surface area contributed by atoms with Crippen LogP contribution in [0.2, 0.25) is 0 Å². The van der Waals surface area contributed by atoms with E-state index in [2.05, 4.69) is 10.0 Å². The standard InChI is InChI=1S/C19H21FN2O3S/c1-13-12-14(20)6-11-18(13)19(23)21-15-7-9-17(10-8-15)26(24,25)22-16-4-2-3-5-16/h6-12,16,22H,2-5H2,1H3,(H,21,23). The number of carbonyl (C=O) groups is 1. The second kappa shape index (κ2) is 7.55. The summed E-state index contributed by atoms with van der Waals surface area (Å²) in [5.41, 5.74) is 1.37. The minimum Gasteiger partial charge on any atom is -0.322 e. The van der Waals surface area contributed by atoms with Gasteiger partial charge in [-0.2, -0.15) is 0 Å². The van der Waals surface area contributed by atoms with Gasteiger partial charge in [-0.05, 0) is 67.8 Å². The molecule has 0 unspecified atom stereocenters.